The van der Waals surface area contributed by atoms with E-state index in [4.69, 9.17) is 5.26 Å². The molecular weight excluding hydrogens is 354 g/mol. The van der Waals surface area contributed by atoms with Crippen LogP contribution in [0, 0.1) is 23.2 Å². The number of nitrogens with one attached hydrogen (secondary N) is 2. The van der Waals surface area contributed by atoms with Gasteiger partial charge < -0.3 is 20.4 Å². The van der Waals surface area contributed by atoms with Gasteiger partial charge in [0.15, 0.2) is 0 Å². The van der Waals surface area contributed by atoms with Crippen LogP contribution in [0.1, 0.15) is 39.5 Å². The van der Waals surface area contributed by atoms with E-state index in [-0.39, 0.29) is 36.4 Å². The smallest absolute Gasteiger partial charge is 0.317 e. The molecule has 1 saturated carbocycles. The first kappa shape index (κ1) is 20.8. The molecule has 2 saturated heterocycles. The fourth-order valence-corrected chi connectivity index (χ4v) is 4.50. The van der Waals surface area contributed by atoms with Gasteiger partial charge in [-0.15, -0.1) is 12.4 Å². The number of hydrogen-bond donors (Lipinski definition) is 2. The maximum absolute atomic E-state index is 12.3. The molecular formula is C18H30ClN5O2. The Kier molecular flexibility index (Phi) is 7.13. The molecule has 7 nitrogen and oxygen atoms in total. The summed E-state index contributed by atoms with van der Waals surface area (Å²) in [5.74, 6) is 1.10. The summed E-state index contributed by atoms with van der Waals surface area (Å²) in [6.07, 6.45) is 3.76. The van der Waals surface area contributed by atoms with E-state index in [1.54, 1.807) is 4.90 Å². The highest BCUT2D eigenvalue weighted by molar-refractivity contribution is 5.85. The van der Waals surface area contributed by atoms with Crippen LogP contribution >= 0.6 is 12.4 Å². The van der Waals surface area contributed by atoms with Crippen LogP contribution in [0.2, 0.25) is 0 Å². The zero-order valence-electron chi connectivity index (χ0n) is 15.6. The van der Waals surface area contributed by atoms with E-state index >= 15 is 0 Å². The first-order valence-corrected chi connectivity index (χ1v) is 9.45. The lowest BCUT2D eigenvalue weighted by Crippen LogP contribution is -2.44. The molecule has 3 fully saturated rings. The lowest BCUT2D eigenvalue weighted by atomic mass is 10.0. The Morgan fingerprint density at radius 1 is 1.23 bits per heavy atom. The van der Waals surface area contributed by atoms with Gasteiger partial charge in [-0.05, 0) is 51.4 Å². The normalized spacial score (nSPS) is 30.1. The van der Waals surface area contributed by atoms with Crippen LogP contribution in [-0.2, 0) is 4.79 Å². The molecule has 2 N–H and O–H groups in total. The third-order valence-corrected chi connectivity index (χ3v) is 5.71. The van der Waals surface area contributed by atoms with Crippen molar-refractivity contribution in [2.75, 3.05) is 26.2 Å². The van der Waals surface area contributed by atoms with Crippen LogP contribution in [0.5, 0.6) is 0 Å². The number of nitriles is 1. The van der Waals surface area contributed by atoms with Gasteiger partial charge >= 0.3 is 6.03 Å². The molecule has 1 unspecified atom stereocenters. The second kappa shape index (κ2) is 8.92. The third kappa shape index (κ3) is 4.60. The minimum Gasteiger partial charge on any atom is -0.336 e. The second-order valence-electron chi connectivity index (χ2n) is 7.95. The number of carbonyl (C=O) groups excluding carboxylic acids is 2. The van der Waals surface area contributed by atoms with Crippen LogP contribution in [0.15, 0.2) is 0 Å². The molecule has 4 atom stereocenters. The third-order valence-electron chi connectivity index (χ3n) is 5.71. The van der Waals surface area contributed by atoms with Crippen molar-refractivity contribution in [2.24, 2.45) is 11.8 Å². The highest BCUT2D eigenvalue weighted by Crippen LogP contribution is 2.38. The van der Waals surface area contributed by atoms with E-state index in [1.807, 2.05) is 18.7 Å². The number of hydrogen-bond acceptors (Lipinski definition) is 4. The van der Waals surface area contributed by atoms with Crippen molar-refractivity contribution in [1.29, 1.82) is 5.26 Å². The summed E-state index contributed by atoms with van der Waals surface area (Å²) < 4.78 is 0. The summed E-state index contributed by atoms with van der Waals surface area (Å²) in [6.45, 7) is 6.61. The predicted molar refractivity (Wildman–Crippen MR) is 101 cm³/mol. The maximum atomic E-state index is 12.3. The Morgan fingerprint density at radius 3 is 2.46 bits per heavy atom. The van der Waals surface area contributed by atoms with Gasteiger partial charge in [-0.1, -0.05) is 0 Å². The molecule has 3 amide bonds. The fraction of sp³-hybridized carbons (Fsp3) is 0.833. The zero-order valence-corrected chi connectivity index (χ0v) is 16.4. The minimum atomic E-state index is -0.245. The molecule has 8 heteroatoms. The molecule has 146 valence electrons. The van der Waals surface area contributed by atoms with Crippen molar-refractivity contribution in [2.45, 2.75) is 57.7 Å². The summed E-state index contributed by atoms with van der Waals surface area (Å²) in [4.78, 5) is 28.1. The van der Waals surface area contributed by atoms with E-state index in [2.05, 4.69) is 16.7 Å². The molecule has 2 aliphatic heterocycles. The van der Waals surface area contributed by atoms with Gasteiger partial charge in [0.1, 0.15) is 6.04 Å². The lowest BCUT2D eigenvalue weighted by molar-refractivity contribution is -0.130. The SMILES string of the molecule is CC(C)NC(=O)N1C[C@H]2CC(NCC(=O)N3CCC[C@H]3C#N)C[C@H]2C1.Cl. The van der Waals surface area contributed by atoms with E-state index in [0.717, 1.165) is 38.8 Å². The molecule has 0 aromatic carbocycles. The number of likely N-dealkylation sites (tertiary alicyclic amines) is 2. The zero-order chi connectivity index (χ0) is 18.0. The van der Waals surface area contributed by atoms with Gasteiger partial charge in [0.25, 0.3) is 0 Å². The summed E-state index contributed by atoms with van der Waals surface area (Å²) in [5, 5.41) is 15.4. The van der Waals surface area contributed by atoms with Gasteiger partial charge in [0, 0.05) is 31.7 Å². The van der Waals surface area contributed by atoms with Crippen LogP contribution in [0.25, 0.3) is 0 Å². The van der Waals surface area contributed by atoms with Gasteiger partial charge in [-0.3, -0.25) is 4.79 Å². The molecule has 0 aromatic rings. The molecule has 2 heterocycles. The summed E-state index contributed by atoms with van der Waals surface area (Å²) in [6, 6.07) is 2.52. The summed E-state index contributed by atoms with van der Waals surface area (Å²) in [7, 11) is 0. The number of carbonyl (C=O) groups is 2. The van der Waals surface area contributed by atoms with Crippen LogP contribution in [0.3, 0.4) is 0 Å². The Morgan fingerprint density at radius 2 is 1.88 bits per heavy atom. The van der Waals surface area contributed by atoms with Crippen molar-refractivity contribution in [3.8, 4) is 6.07 Å². The molecule has 0 radical (unpaired) electrons. The Balaban J connectivity index is 0.00000243. The molecule has 26 heavy (non-hydrogen) atoms. The average Bonchev–Trinajstić information content (AvgIpc) is 3.25. The standard InChI is InChI=1S/C18H29N5O2.ClH/c1-12(2)21-18(25)22-10-13-6-15(7-14(13)11-22)20-9-17(24)23-5-3-4-16(23)8-19;/h12-16,20H,3-7,9-11H2,1-2H3,(H,21,25);1H/t13-,14+,15?,16-;/m0./s1. The maximum Gasteiger partial charge on any atom is 0.317 e. The minimum absolute atomic E-state index is 0. The van der Waals surface area contributed by atoms with Crippen molar-refractivity contribution in [3.05, 3.63) is 0 Å². The largest absolute Gasteiger partial charge is 0.336 e. The van der Waals surface area contributed by atoms with Crippen LogP contribution < -0.4 is 10.6 Å². The van der Waals surface area contributed by atoms with E-state index in [1.165, 1.54) is 0 Å². The molecule has 0 aromatic heterocycles. The summed E-state index contributed by atoms with van der Waals surface area (Å²) >= 11 is 0. The highest BCUT2D eigenvalue weighted by atomic mass is 35.5. The van der Waals surface area contributed by atoms with Gasteiger partial charge in [0.05, 0.1) is 12.6 Å². The Hall–Kier alpha value is -1.52. The van der Waals surface area contributed by atoms with Crippen LogP contribution in [-0.4, -0.2) is 66.0 Å². The number of amides is 3. The van der Waals surface area contributed by atoms with Crippen molar-refractivity contribution >= 4 is 24.3 Å². The lowest BCUT2D eigenvalue weighted by Gasteiger charge is -2.23. The first-order chi connectivity index (χ1) is 12.0. The Bertz CT molecular complexity index is 550. The van der Waals surface area contributed by atoms with Crippen molar-refractivity contribution < 1.29 is 9.59 Å². The summed E-state index contributed by atoms with van der Waals surface area (Å²) in [5.41, 5.74) is 0. The average molecular weight is 384 g/mol. The molecule has 1 aliphatic carbocycles. The van der Waals surface area contributed by atoms with Gasteiger partial charge in [-0.2, -0.15) is 5.26 Å². The van der Waals surface area contributed by atoms with Crippen molar-refractivity contribution in [3.63, 3.8) is 0 Å². The van der Waals surface area contributed by atoms with Crippen LogP contribution in [0.4, 0.5) is 4.79 Å². The molecule has 3 aliphatic rings. The number of urea groups is 1. The van der Waals surface area contributed by atoms with E-state index in [0.29, 0.717) is 31.0 Å². The number of rotatable bonds is 4. The van der Waals surface area contributed by atoms with E-state index < -0.39 is 0 Å². The first-order valence-electron chi connectivity index (χ1n) is 9.45. The quantitative estimate of drug-likeness (QED) is 0.766. The topological polar surface area (TPSA) is 88.5 Å². The van der Waals surface area contributed by atoms with Gasteiger partial charge in [-0.25, -0.2) is 4.79 Å². The molecule has 0 spiro atoms. The van der Waals surface area contributed by atoms with Gasteiger partial charge in [0.2, 0.25) is 5.91 Å². The van der Waals surface area contributed by atoms with Crippen molar-refractivity contribution in [1.82, 2.24) is 20.4 Å². The highest BCUT2D eigenvalue weighted by Gasteiger charge is 2.42. The molecule has 0 bridgehead atoms. The number of nitrogens with zero attached hydrogens (tertiary/aromatic N) is 3. The fourth-order valence-electron chi connectivity index (χ4n) is 4.50. The monoisotopic (exact) mass is 383 g/mol. The predicted octanol–water partition coefficient (Wildman–Crippen LogP) is 1.34. The molecule has 3 rings (SSSR count). The second-order valence-corrected chi connectivity index (χ2v) is 7.95. The number of halogens is 1. The Labute approximate surface area is 161 Å². The van der Waals surface area contributed by atoms with E-state index in [9.17, 15) is 9.59 Å². The number of fused-ring (bicyclic) bond motifs is 1.